The lowest BCUT2D eigenvalue weighted by Gasteiger charge is -2.23. The molecular formula is C29H25FN2O4S. The summed E-state index contributed by atoms with van der Waals surface area (Å²) in [5.74, 6) is -1.72. The van der Waals surface area contributed by atoms with E-state index in [2.05, 4.69) is 11.9 Å². The summed E-state index contributed by atoms with van der Waals surface area (Å²) in [5.41, 5.74) is 2.48. The number of fused-ring (bicyclic) bond motifs is 1. The fraction of sp³-hybridized carbons (Fsp3) is 0.207. The maximum Gasteiger partial charge on any atom is 0.301 e. The normalized spacial score (nSPS) is 17.1. The number of amides is 1. The first kappa shape index (κ1) is 24.6. The van der Waals surface area contributed by atoms with Gasteiger partial charge in [0.2, 0.25) is 0 Å². The van der Waals surface area contributed by atoms with Crippen LogP contribution in [0.15, 0.2) is 72.3 Å². The molecule has 0 spiro atoms. The summed E-state index contributed by atoms with van der Waals surface area (Å²) >= 11 is 1.11. The zero-order valence-corrected chi connectivity index (χ0v) is 21.2. The van der Waals surface area contributed by atoms with Crippen LogP contribution in [-0.4, -0.2) is 28.4 Å². The number of ketones is 1. The summed E-state index contributed by atoms with van der Waals surface area (Å²) in [4.78, 5) is 32.6. The van der Waals surface area contributed by atoms with E-state index < -0.39 is 23.5 Å². The minimum Gasteiger partial charge on any atom is -0.507 e. The summed E-state index contributed by atoms with van der Waals surface area (Å²) < 4.78 is 20.3. The summed E-state index contributed by atoms with van der Waals surface area (Å²) in [6, 6.07) is 17.5. The van der Waals surface area contributed by atoms with Crippen molar-refractivity contribution in [2.75, 3.05) is 11.5 Å². The number of aliphatic hydroxyl groups excluding tert-OH is 1. The van der Waals surface area contributed by atoms with E-state index in [-0.39, 0.29) is 16.5 Å². The highest BCUT2D eigenvalue weighted by molar-refractivity contribution is 7.22. The number of rotatable bonds is 7. The van der Waals surface area contributed by atoms with Crippen LogP contribution < -0.4 is 9.64 Å². The van der Waals surface area contributed by atoms with E-state index in [1.54, 1.807) is 30.3 Å². The Morgan fingerprint density at radius 3 is 2.65 bits per heavy atom. The Hall–Kier alpha value is -4.04. The maximum absolute atomic E-state index is 13.8. The van der Waals surface area contributed by atoms with Crippen LogP contribution in [0, 0.1) is 12.7 Å². The van der Waals surface area contributed by atoms with Gasteiger partial charge in [0.15, 0.2) is 5.13 Å². The fourth-order valence-electron chi connectivity index (χ4n) is 4.31. The molecule has 1 N–H and O–H groups in total. The number of unbranched alkanes of at least 4 members (excludes halogenated alkanes) is 1. The predicted molar refractivity (Wildman–Crippen MR) is 142 cm³/mol. The number of carbonyl (C=O) groups excluding carboxylic acids is 2. The van der Waals surface area contributed by atoms with Crippen LogP contribution in [0.2, 0.25) is 0 Å². The minimum atomic E-state index is -0.943. The van der Waals surface area contributed by atoms with Gasteiger partial charge in [0.1, 0.15) is 17.3 Å². The summed E-state index contributed by atoms with van der Waals surface area (Å²) in [5, 5.41) is 11.5. The molecule has 6 nitrogen and oxygen atoms in total. The van der Waals surface area contributed by atoms with Gasteiger partial charge in [-0.25, -0.2) is 9.37 Å². The van der Waals surface area contributed by atoms with Crippen LogP contribution >= 0.6 is 11.3 Å². The van der Waals surface area contributed by atoms with Gasteiger partial charge in [-0.2, -0.15) is 0 Å². The van der Waals surface area contributed by atoms with Crippen LogP contribution in [0.5, 0.6) is 5.75 Å². The average molecular weight is 517 g/mol. The highest BCUT2D eigenvalue weighted by atomic mass is 32.1. The highest BCUT2D eigenvalue weighted by Crippen LogP contribution is 2.44. The minimum absolute atomic E-state index is 0.0370. The number of thiazole rings is 1. The monoisotopic (exact) mass is 516 g/mol. The number of aliphatic hydroxyl groups is 1. The molecular weight excluding hydrogens is 491 g/mol. The average Bonchev–Trinajstić information content (AvgIpc) is 3.42. The van der Waals surface area contributed by atoms with Crippen molar-refractivity contribution in [1.29, 1.82) is 0 Å². The molecule has 5 rings (SSSR count). The number of anilines is 1. The van der Waals surface area contributed by atoms with E-state index in [9.17, 15) is 19.1 Å². The molecule has 0 saturated carbocycles. The zero-order valence-electron chi connectivity index (χ0n) is 20.4. The van der Waals surface area contributed by atoms with Crippen molar-refractivity contribution < 1.29 is 23.8 Å². The van der Waals surface area contributed by atoms with Crippen LogP contribution in [0.25, 0.3) is 16.0 Å². The van der Waals surface area contributed by atoms with Gasteiger partial charge in [-0.05, 0) is 49.2 Å². The Labute approximate surface area is 217 Å². The second-order valence-electron chi connectivity index (χ2n) is 8.92. The summed E-state index contributed by atoms with van der Waals surface area (Å²) in [6.07, 6.45) is 1.87. The van der Waals surface area contributed by atoms with E-state index in [0.717, 1.165) is 29.7 Å². The van der Waals surface area contributed by atoms with Gasteiger partial charge in [0.25, 0.3) is 5.78 Å². The van der Waals surface area contributed by atoms with Crippen molar-refractivity contribution in [1.82, 2.24) is 4.98 Å². The lowest BCUT2D eigenvalue weighted by Crippen LogP contribution is -2.29. The second-order valence-corrected chi connectivity index (χ2v) is 9.93. The second kappa shape index (κ2) is 10.1. The van der Waals surface area contributed by atoms with Gasteiger partial charge in [0.05, 0.1) is 28.4 Å². The molecule has 8 heteroatoms. The van der Waals surface area contributed by atoms with E-state index in [0.29, 0.717) is 33.7 Å². The van der Waals surface area contributed by atoms with Gasteiger partial charge < -0.3 is 9.84 Å². The molecule has 0 bridgehead atoms. The molecule has 2 heterocycles. The number of hydrogen-bond acceptors (Lipinski definition) is 6. The smallest absolute Gasteiger partial charge is 0.301 e. The number of carbonyl (C=O) groups is 2. The quantitative estimate of drug-likeness (QED) is 0.130. The SMILES string of the molecule is CCCCOc1cccc(C2C(=C(O)c3ccc(C)cc3)C(=O)C(=O)N2c2nc3ccc(F)cc3s2)c1. The van der Waals surface area contributed by atoms with Gasteiger partial charge in [-0.3, -0.25) is 14.5 Å². The van der Waals surface area contributed by atoms with E-state index in [1.807, 2.05) is 25.1 Å². The molecule has 0 radical (unpaired) electrons. The van der Waals surface area contributed by atoms with Crippen molar-refractivity contribution in [3.63, 3.8) is 0 Å². The van der Waals surface area contributed by atoms with Crippen molar-refractivity contribution >= 4 is 44.1 Å². The standard InChI is InChI=1S/C29H25FN2O4S/c1-3-4-14-36-21-7-5-6-19(15-21)25-24(26(33)18-10-8-17(2)9-11-18)27(34)28(35)32(25)29-31-22-13-12-20(30)16-23(22)37-29/h5-13,15-16,25,33H,3-4,14H2,1-2H3. The van der Waals surface area contributed by atoms with Crippen molar-refractivity contribution in [2.45, 2.75) is 32.7 Å². The predicted octanol–water partition coefficient (Wildman–Crippen LogP) is 6.55. The van der Waals surface area contributed by atoms with Crippen LogP contribution in [-0.2, 0) is 9.59 Å². The molecule has 4 aromatic rings. The molecule has 0 aliphatic carbocycles. The first-order valence-electron chi connectivity index (χ1n) is 12.0. The first-order chi connectivity index (χ1) is 17.9. The maximum atomic E-state index is 13.8. The van der Waals surface area contributed by atoms with Crippen molar-refractivity contribution in [3.05, 3.63) is 94.8 Å². The molecule has 1 aromatic heterocycles. The zero-order chi connectivity index (χ0) is 26.1. The highest BCUT2D eigenvalue weighted by Gasteiger charge is 2.48. The van der Waals surface area contributed by atoms with Crippen LogP contribution in [0.4, 0.5) is 9.52 Å². The van der Waals surface area contributed by atoms with Gasteiger partial charge in [0, 0.05) is 5.56 Å². The topological polar surface area (TPSA) is 79.7 Å². The molecule has 37 heavy (non-hydrogen) atoms. The summed E-state index contributed by atoms with van der Waals surface area (Å²) in [7, 11) is 0. The third-order valence-electron chi connectivity index (χ3n) is 6.26. The Morgan fingerprint density at radius 1 is 1.11 bits per heavy atom. The van der Waals surface area contributed by atoms with Crippen LogP contribution in [0.3, 0.4) is 0 Å². The number of nitrogens with zero attached hydrogens (tertiary/aromatic N) is 2. The molecule has 3 aromatic carbocycles. The molecule has 1 aliphatic rings. The van der Waals surface area contributed by atoms with Crippen molar-refractivity contribution in [3.8, 4) is 5.75 Å². The largest absolute Gasteiger partial charge is 0.507 e. The fourth-order valence-corrected chi connectivity index (χ4v) is 5.33. The third-order valence-corrected chi connectivity index (χ3v) is 7.27. The molecule has 1 atom stereocenters. The number of aromatic nitrogens is 1. The molecule has 1 saturated heterocycles. The van der Waals surface area contributed by atoms with Crippen LogP contribution in [0.1, 0.15) is 42.5 Å². The Morgan fingerprint density at radius 2 is 1.89 bits per heavy atom. The van der Waals surface area contributed by atoms with E-state index in [1.165, 1.54) is 23.1 Å². The molecule has 1 fully saturated rings. The molecule has 1 unspecified atom stereocenters. The van der Waals surface area contributed by atoms with E-state index >= 15 is 0 Å². The number of aryl methyl sites for hydroxylation is 1. The molecule has 1 amide bonds. The van der Waals surface area contributed by atoms with Gasteiger partial charge >= 0.3 is 5.91 Å². The molecule has 1 aliphatic heterocycles. The Balaban J connectivity index is 1.67. The number of ether oxygens (including phenoxy) is 1. The summed E-state index contributed by atoms with van der Waals surface area (Å²) in [6.45, 7) is 4.53. The molecule has 188 valence electrons. The Bertz CT molecular complexity index is 1530. The van der Waals surface area contributed by atoms with Gasteiger partial charge in [-0.15, -0.1) is 0 Å². The number of benzene rings is 3. The Kier molecular flexibility index (Phi) is 6.76. The number of halogens is 1. The lowest BCUT2D eigenvalue weighted by molar-refractivity contribution is -0.132. The number of hydrogen-bond donors (Lipinski definition) is 1. The van der Waals surface area contributed by atoms with Gasteiger partial charge in [-0.1, -0.05) is 66.6 Å². The van der Waals surface area contributed by atoms with E-state index in [4.69, 9.17) is 4.74 Å². The third kappa shape index (κ3) is 4.72. The number of Topliss-reactive ketones (excluding diaryl/α,β-unsaturated/α-hetero) is 1. The first-order valence-corrected chi connectivity index (χ1v) is 12.9. The lowest BCUT2D eigenvalue weighted by atomic mass is 9.95. The van der Waals surface area contributed by atoms with Crippen molar-refractivity contribution in [2.24, 2.45) is 0 Å².